The Hall–Kier alpha value is -3.10. The van der Waals surface area contributed by atoms with Gasteiger partial charge < -0.3 is 9.15 Å². The number of nitrogens with zero attached hydrogens (tertiary/aromatic N) is 2. The average Bonchev–Trinajstić information content (AvgIpc) is 3.14. The van der Waals surface area contributed by atoms with Crippen LogP contribution in [0, 0.1) is 0 Å². The predicted octanol–water partition coefficient (Wildman–Crippen LogP) is 4.35. The maximum Gasteiger partial charge on any atom is 0.261 e. The topological polar surface area (TPSA) is 94.3 Å². The molecule has 0 aliphatic rings. The summed E-state index contributed by atoms with van der Waals surface area (Å²) in [5, 5.41) is 0.822. The van der Waals surface area contributed by atoms with Crippen molar-refractivity contribution in [3.05, 3.63) is 66.3 Å². The highest BCUT2D eigenvalue weighted by atomic mass is 35.5. The fraction of sp³-hybridized carbons (Fsp3) is 0.0526. The Morgan fingerprint density at radius 1 is 1.14 bits per heavy atom. The van der Waals surface area contributed by atoms with Gasteiger partial charge in [-0.25, -0.2) is 18.4 Å². The van der Waals surface area contributed by atoms with E-state index < -0.39 is 10.0 Å². The zero-order valence-electron chi connectivity index (χ0n) is 14.6. The van der Waals surface area contributed by atoms with Crippen LogP contribution in [0.3, 0.4) is 0 Å². The van der Waals surface area contributed by atoms with E-state index in [1.54, 1.807) is 42.9 Å². The Kier molecular flexibility index (Phi) is 4.66. The van der Waals surface area contributed by atoms with Crippen LogP contribution in [0.15, 0.2) is 70.4 Å². The van der Waals surface area contributed by atoms with Crippen molar-refractivity contribution < 1.29 is 17.6 Å². The van der Waals surface area contributed by atoms with Gasteiger partial charge in [0.15, 0.2) is 5.15 Å². The Labute approximate surface area is 166 Å². The number of methoxy groups -OCH3 is 1. The van der Waals surface area contributed by atoms with Gasteiger partial charge in [0, 0.05) is 28.9 Å². The molecule has 0 fully saturated rings. The van der Waals surface area contributed by atoms with Crippen LogP contribution in [-0.2, 0) is 10.0 Å². The number of halogens is 1. The lowest BCUT2D eigenvalue weighted by atomic mass is 10.1. The maximum atomic E-state index is 12.7. The van der Waals surface area contributed by atoms with Crippen LogP contribution >= 0.6 is 11.6 Å². The van der Waals surface area contributed by atoms with Gasteiger partial charge in [-0.05, 0) is 42.5 Å². The van der Waals surface area contributed by atoms with E-state index in [1.165, 1.54) is 19.2 Å². The fourth-order valence-corrected chi connectivity index (χ4v) is 3.98. The Bertz CT molecular complexity index is 1250. The molecular weight excluding hydrogens is 402 g/mol. The molecule has 9 heteroatoms. The van der Waals surface area contributed by atoms with Crippen molar-refractivity contribution in [1.29, 1.82) is 0 Å². The van der Waals surface area contributed by atoms with E-state index in [0.29, 0.717) is 17.0 Å². The zero-order chi connectivity index (χ0) is 19.7. The number of benzene rings is 1. The smallest absolute Gasteiger partial charge is 0.261 e. The number of nitrogens with one attached hydrogen (secondary N) is 1. The number of pyridine rings is 2. The molecule has 0 aliphatic carbocycles. The molecule has 28 heavy (non-hydrogen) atoms. The lowest BCUT2D eigenvalue weighted by Gasteiger charge is -2.11. The van der Waals surface area contributed by atoms with Gasteiger partial charge in [0.1, 0.15) is 12.0 Å². The minimum absolute atomic E-state index is 0.0340. The molecule has 1 aromatic carbocycles. The maximum absolute atomic E-state index is 12.7. The Balaban J connectivity index is 1.71. The second-order valence-electron chi connectivity index (χ2n) is 5.85. The summed E-state index contributed by atoms with van der Waals surface area (Å²) in [7, 11) is -2.35. The molecule has 142 valence electrons. The first-order chi connectivity index (χ1) is 13.5. The summed E-state index contributed by atoms with van der Waals surface area (Å²) < 4.78 is 38.4. The number of aromatic nitrogens is 2. The second-order valence-corrected chi connectivity index (χ2v) is 7.89. The Morgan fingerprint density at radius 3 is 2.68 bits per heavy atom. The van der Waals surface area contributed by atoms with Gasteiger partial charge in [-0.1, -0.05) is 11.6 Å². The third kappa shape index (κ3) is 3.39. The molecule has 3 aromatic heterocycles. The van der Waals surface area contributed by atoms with Gasteiger partial charge in [-0.15, -0.1) is 0 Å². The number of furan rings is 1. The monoisotopic (exact) mass is 415 g/mol. The van der Waals surface area contributed by atoms with E-state index in [4.69, 9.17) is 20.8 Å². The first-order valence-corrected chi connectivity index (χ1v) is 9.99. The summed E-state index contributed by atoms with van der Waals surface area (Å²) >= 11 is 6.12. The molecule has 7 nitrogen and oxygen atoms in total. The summed E-state index contributed by atoms with van der Waals surface area (Å²) in [5.41, 5.74) is 2.02. The zero-order valence-corrected chi connectivity index (χ0v) is 16.2. The van der Waals surface area contributed by atoms with Crippen LogP contribution in [0.2, 0.25) is 5.15 Å². The minimum atomic E-state index is -3.85. The highest BCUT2D eigenvalue weighted by molar-refractivity contribution is 7.92. The van der Waals surface area contributed by atoms with Gasteiger partial charge in [0.2, 0.25) is 5.71 Å². The molecule has 4 aromatic rings. The average molecular weight is 416 g/mol. The van der Waals surface area contributed by atoms with Crippen LogP contribution in [0.5, 0.6) is 5.75 Å². The second kappa shape index (κ2) is 7.14. The predicted molar refractivity (Wildman–Crippen MR) is 106 cm³/mol. The quantitative estimate of drug-likeness (QED) is 0.487. The normalized spacial score (nSPS) is 11.5. The summed E-state index contributed by atoms with van der Waals surface area (Å²) in [6, 6.07) is 11.3. The van der Waals surface area contributed by atoms with Gasteiger partial charge in [-0.3, -0.25) is 4.72 Å². The van der Waals surface area contributed by atoms with E-state index >= 15 is 0 Å². The molecule has 0 unspecified atom stereocenters. The van der Waals surface area contributed by atoms with E-state index in [1.807, 2.05) is 6.07 Å². The van der Waals surface area contributed by atoms with E-state index in [2.05, 4.69) is 14.7 Å². The summed E-state index contributed by atoms with van der Waals surface area (Å²) in [6.07, 6.45) is 4.72. The molecular formula is C19H14ClN3O4S. The third-order valence-electron chi connectivity index (χ3n) is 4.11. The van der Waals surface area contributed by atoms with E-state index in [9.17, 15) is 8.42 Å². The lowest BCUT2D eigenvalue weighted by molar-refractivity contribution is 0.414. The van der Waals surface area contributed by atoms with Gasteiger partial charge in [0.25, 0.3) is 10.0 Å². The molecule has 4 rings (SSSR count). The van der Waals surface area contributed by atoms with Crippen molar-refractivity contribution >= 4 is 38.4 Å². The molecule has 0 saturated carbocycles. The van der Waals surface area contributed by atoms with Crippen molar-refractivity contribution in [2.45, 2.75) is 4.90 Å². The molecule has 3 heterocycles. The largest absolute Gasteiger partial charge is 0.497 e. The minimum Gasteiger partial charge on any atom is -0.497 e. The number of anilines is 1. The first-order valence-electron chi connectivity index (χ1n) is 8.13. The molecule has 0 saturated heterocycles. The van der Waals surface area contributed by atoms with Crippen LogP contribution < -0.4 is 9.46 Å². The lowest BCUT2D eigenvalue weighted by Crippen LogP contribution is -2.13. The third-order valence-corrected chi connectivity index (χ3v) is 5.80. The van der Waals surface area contributed by atoms with Crippen LogP contribution in [0.1, 0.15) is 0 Å². The van der Waals surface area contributed by atoms with Crippen LogP contribution in [0.4, 0.5) is 5.69 Å². The summed E-state index contributed by atoms with van der Waals surface area (Å²) in [5.74, 6) is 0.557. The van der Waals surface area contributed by atoms with Gasteiger partial charge in [0.05, 0.1) is 17.7 Å². The highest BCUT2D eigenvalue weighted by Crippen LogP contribution is 2.33. The van der Waals surface area contributed by atoms with Crippen molar-refractivity contribution in [3.8, 4) is 16.9 Å². The SMILES string of the molecule is COc1ccc(S(=O)(=O)Nc2cc(-c3coc4ncccc34)cnc2Cl)cc1. The van der Waals surface area contributed by atoms with Crippen LogP contribution in [0.25, 0.3) is 22.2 Å². The van der Waals surface area contributed by atoms with Crippen molar-refractivity contribution in [3.63, 3.8) is 0 Å². The Morgan fingerprint density at radius 2 is 1.93 bits per heavy atom. The molecule has 0 spiro atoms. The highest BCUT2D eigenvalue weighted by Gasteiger charge is 2.18. The van der Waals surface area contributed by atoms with Crippen molar-refractivity contribution in [2.24, 2.45) is 0 Å². The molecule has 0 radical (unpaired) electrons. The number of ether oxygens (including phenoxy) is 1. The number of sulfonamides is 1. The van der Waals surface area contributed by atoms with Crippen molar-refractivity contribution in [2.75, 3.05) is 11.8 Å². The number of fused-ring (bicyclic) bond motifs is 1. The van der Waals surface area contributed by atoms with E-state index in [0.717, 1.165) is 10.9 Å². The molecule has 0 atom stereocenters. The van der Waals surface area contributed by atoms with Gasteiger partial charge in [-0.2, -0.15) is 0 Å². The summed E-state index contributed by atoms with van der Waals surface area (Å²) in [4.78, 5) is 8.33. The number of hydrogen-bond donors (Lipinski definition) is 1. The van der Waals surface area contributed by atoms with E-state index in [-0.39, 0.29) is 15.7 Å². The molecule has 0 bridgehead atoms. The molecule has 0 amide bonds. The molecule has 1 N–H and O–H groups in total. The number of hydrogen-bond acceptors (Lipinski definition) is 6. The van der Waals surface area contributed by atoms with Crippen molar-refractivity contribution in [1.82, 2.24) is 9.97 Å². The number of rotatable bonds is 5. The van der Waals surface area contributed by atoms with Gasteiger partial charge >= 0.3 is 0 Å². The summed E-state index contributed by atoms with van der Waals surface area (Å²) in [6.45, 7) is 0. The van der Waals surface area contributed by atoms with Crippen LogP contribution in [-0.4, -0.2) is 25.5 Å². The standard InChI is InChI=1S/C19H14ClN3O4S/c1-26-13-4-6-14(7-5-13)28(24,25)23-17-9-12(10-22-18(17)20)16-11-27-19-15(16)3-2-8-21-19/h2-11,23H,1H3. The fourth-order valence-electron chi connectivity index (χ4n) is 2.72. The first kappa shape index (κ1) is 18.3. The molecule has 0 aliphatic heterocycles.